The van der Waals surface area contributed by atoms with Gasteiger partial charge in [0.05, 0.1) is 12.2 Å². The number of amides is 1. The summed E-state index contributed by atoms with van der Waals surface area (Å²) < 4.78 is 0. The lowest BCUT2D eigenvalue weighted by Gasteiger charge is -2.35. The number of para-hydroxylation sites is 2. The molecule has 0 unspecified atom stereocenters. The summed E-state index contributed by atoms with van der Waals surface area (Å²) in [6, 6.07) is 9.01. The van der Waals surface area contributed by atoms with Gasteiger partial charge < -0.3 is 19.9 Å². The summed E-state index contributed by atoms with van der Waals surface area (Å²) in [6.07, 6.45) is 3.74. The highest BCUT2D eigenvalue weighted by molar-refractivity contribution is 6.01. The van der Waals surface area contributed by atoms with Crippen LogP contribution in [0.1, 0.15) is 33.7 Å². The number of phenolic OH excluding ortho intramolecular Hbond substituents is 1. The fraction of sp³-hybridized carbons (Fsp3) is 0.429. The van der Waals surface area contributed by atoms with Gasteiger partial charge in [-0.05, 0) is 31.0 Å². The fourth-order valence-corrected chi connectivity index (χ4v) is 3.94. The van der Waals surface area contributed by atoms with Crippen molar-refractivity contribution in [1.82, 2.24) is 14.8 Å². The third-order valence-electron chi connectivity index (χ3n) is 5.59. The maximum Gasteiger partial charge on any atom is 0.270 e. The van der Waals surface area contributed by atoms with Crippen molar-refractivity contribution in [3.8, 4) is 5.75 Å². The van der Waals surface area contributed by atoms with Crippen LogP contribution in [0.25, 0.3) is 0 Å². The van der Waals surface area contributed by atoms with Crippen molar-refractivity contribution in [2.24, 2.45) is 0 Å². The Morgan fingerprint density at radius 3 is 2.43 bits per heavy atom. The third kappa shape index (κ3) is 3.89. The molecule has 28 heavy (non-hydrogen) atoms. The number of carbonyl (C=O) groups excluding carboxylic acids is 2. The van der Waals surface area contributed by atoms with Crippen LogP contribution in [-0.2, 0) is 0 Å². The highest BCUT2D eigenvalue weighted by atomic mass is 16.3. The number of aromatic amines is 1. The molecule has 0 atom stereocenters. The standard InChI is InChI=1S/C21H26N4O3/c26-19-6-2-1-5-18(19)24-11-9-23(10-12-24)15-20(27)16-13-17(22-14-16)21(28)25-7-3-4-8-25/h1-2,5-6,13-14,22,26H,3-4,7-12,15H2. The highest BCUT2D eigenvalue weighted by Crippen LogP contribution is 2.27. The van der Waals surface area contributed by atoms with Crippen LogP contribution >= 0.6 is 0 Å². The maximum atomic E-state index is 12.6. The summed E-state index contributed by atoms with van der Waals surface area (Å²) in [4.78, 5) is 34.1. The van der Waals surface area contributed by atoms with Gasteiger partial charge in [-0.1, -0.05) is 12.1 Å². The minimum atomic E-state index is -0.0205. The van der Waals surface area contributed by atoms with Gasteiger partial charge in [0.15, 0.2) is 5.78 Å². The van der Waals surface area contributed by atoms with Gasteiger partial charge in [-0.25, -0.2) is 0 Å². The first-order chi connectivity index (χ1) is 13.6. The quantitative estimate of drug-likeness (QED) is 0.773. The normalized spacial score (nSPS) is 17.9. The zero-order valence-corrected chi connectivity index (χ0v) is 15.9. The topological polar surface area (TPSA) is 79.9 Å². The number of phenols is 1. The van der Waals surface area contributed by atoms with Gasteiger partial charge in [0.1, 0.15) is 11.4 Å². The molecule has 148 valence electrons. The number of anilines is 1. The summed E-state index contributed by atoms with van der Waals surface area (Å²) in [7, 11) is 0. The van der Waals surface area contributed by atoms with Crippen LogP contribution in [0.2, 0.25) is 0 Å². The van der Waals surface area contributed by atoms with Gasteiger partial charge in [0.2, 0.25) is 0 Å². The molecule has 2 saturated heterocycles. The predicted molar refractivity (Wildman–Crippen MR) is 107 cm³/mol. The van der Waals surface area contributed by atoms with E-state index in [0.29, 0.717) is 17.8 Å². The van der Waals surface area contributed by atoms with Crippen molar-refractivity contribution >= 4 is 17.4 Å². The molecule has 2 aromatic rings. The molecular weight excluding hydrogens is 356 g/mol. The summed E-state index contributed by atoms with van der Waals surface area (Å²) in [5.74, 6) is 0.287. The van der Waals surface area contributed by atoms with E-state index in [0.717, 1.165) is 57.8 Å². The first-order valence-electron chi connectivity index (χ1n) is 9.88. The molecule has 0 spiro atoms. The van der Waals surface area contributed by atoms with Crippen LogP contribution in [0, 0.1) is 0 Å². The average molecular weight is 382 g/mol. The molecule has 2 aliphatic heterocycles. The molecular formula is C21H26N4O3. The lowest BCUT2D eigenvalue weighted by Crippen LogP contribution is -2.48. The Morgan fingerprint density at radius 1 is 1.00 bits per heavy atom. The van der Waals surface area contributed by atoms with Crippen LogP contribution in [0.4, 0.5) is 5.69 Å². The van der Waals surface area contributed by atoms with E-state index in [-0.39, 0.29) is 17.4 Å². The number of ketones is 1. The zero-order valence-electron chi connectivity index (χ0n) is 15.9. The van der Waals surface area contributed by atoms with Gasteiger partial charge >= 0.3 is 0 Å². The Hall–Kier alpha value is -2.80. The van der Waals surface area contributed by atoms with E-state index in [1.807, 2.05) is 23.1 Å². The van der Waals surface area contributed by atoms with E-state index in [1.165, 1.54) is 0 Å². The first-order valence-corrected chi connectivity index (χ1v) is 9.88. The molecule has 7 nitrogen and oxygen atoms in total. The maximum absolute atomic E-state index is 12.6. The Kier molecular flexibility index (Phi) is 5.34. The number of benzene rings is 1. The lowest BCUT2D eigenvalue weighted by molar-refractivity contribution is 0.0787. The minimum absolute atomic E-state index is 0.0205. The molecule has 1 amide bonds. The third-order valence-corrected chi connectivity index (χ3v) is 5.59. The van der Waals surface area contributed by atoms with E-state index < -0.39 is 0 Å². The number of rotatable bonds is 5. The Bertz CT molecular complexity index is 849. The number of nitrogens with zero attached hydrogens (tertiary/aromatic N) is 3. The Morgan fingerprint density at radius 2 is 1.71 bits per heavy atom. The van der Waals surface area contributed by atoms with Gasteiger partial charge in [-0.3, -0.25) is 14.5 Å². The number of piperazine rings is 1. The number of hydrogen-bond donors (Lipinski definition) is 2. The number of hydrogen-bond acceptors (Lipinski definition) is 5. The number of Topliss-reactive ketones (excluding diaryl/α,β-unsaturated/α-hetero) is 1. The van der Waals surface area contributed by atoms with Gasteiger partial charge in [0.25, 0.3) is 5.91 Å². The van der Waals surface area contributed by atoms with E-state index in [9.17, 15) is 14.7 Å². The van der Waals surface area contributed by atoms with E-state index >= 15 is 0 Å². The highest BCUT2D eigenvalue weighted by Gasteiger charge is 2.24. The molecule has 0 aliphatic carbocycles. The molecule has 2 N–H and O–H groups in total. The summed E-state index contributed by atoms with van der Waals surface area (Å²) in [6.45, 7) is 4.95. The number of carbonyl (C=O) groups is 2. The number of nitrogens with one attached hydrogen (secondary N) is 1. The molecule has 1 aromatic heterocycles. The van der Waals surface area contributed by atoms with Crippen molar-refractivity contribution in [3.63, 3.8) is 0 Å². The van der Waals surface area contributed by atoms with E-state index in [2.05, 4.69) is 14.8 Å². The molecule has 7 heteroatoms. The number of aromatic nitrogens is 1. The molecule has 1 aromatic carbocycles. The molecule has 0 saturated carbocycles. The summed E-state index contributed by atoms with van der Waals surface area (Å²) in [5.41, 5.74) is 1.89. The fourth-order valence-electron chi connectivity index (χ4n) is 3.94. The smallest absolute Gasteiger partial charge is 0.270 e. The van der Waals surface area contributed by atoms with Gasteiger partial charge in [0, 0.05) is 51.0 Å². The van der Waals surface area contributed by atoms with Crippen LogP contribution in [0.15, 0.2) is 36.5 Å². The second kappa shape index (κ2) is 8.06. The van der Waals surface area contributed by atoms with Crippen molar-refractivity contribution in [3.05, 3.63) is 47.8 Å². The monoisotopic (exact) mass is 382 g/mol. The second-order valence-electron chi connectivity index (χ2n) is 7.48. The number of likely N-dealkylation sites (tertiary alicyclic amines) is 1. The molecule has 2 aliphatic rings. The molecule has 0 bridgehead atoms. The molecule has 4 rings (SSSR count). The summed E-state index contributed by atoms with van der Waals surface area (Å²) >= 11 is 0. The lowest BCUT2D eigenvalue weighted by atomic mass is 10.1. The predicted octanol–water partition coefficient (Wildman–Crippen LogP) is 1.96. The van der Waals surface area contributed by atoms with Crippen molar-refractivity contribution < 1.29 is 14.7 Å². The largest absolute Gasteiger partial charge is 0.506 e. The van der Waals surface area contributed by atoms with Gasteiger partial charge in [-0.15, -0.1) is 0 Å². The van der Waals surface area contributed by atoms with Gasteiger partial charge in [-0.2, -0.15) is 0 Å². The minimum Gasteiger partial charge on any atom is -0.506 e. The average Bonchev–Trinajstić information content (AvgIpc) is 3.41. The molecule has 0 radical (unpaired) electrons. The van der Waals surface area contributed by atoms with Crippen LogP contribution in [-0.4, -0.2) is 77.4 Å². The van der Waals surface area contributed by atoms with E-state index in [4.69, 9.17) is 0 Å². The number of H-pyrrole nitrogens is 1. The van der Waals surface area contributed by atoms with Crippen molar-refractivity contribution in [1.29, 1.82) is 0 Å². The first kappa shape index (κ1) is 18.6. The Balaban J connectivity index is 1.31. The summed E-state index contributed by atoms with van der Waals surface area (Å²) in [5, 5.41) is 10.0. The van der Waals surface area contributed by atoms with Crippen molar-refractivity contribution in [2.45, 2.75) is 12.8 Å². The Labute approximate surface area is 164 Å². The molecule has 2 fully saturated rings. The zero-order chi connectivity index (χ0) is 19.5. The van der Waals surface area contributed by atoms with Crippen LogP contribution in [0.3, 0.4) is 0 Å². The number of aromatic hydroxyl groups is 1. The SMILES string of the molecule is O=C(CN1CCN(c2ccccc2O)CC1)c1c[nH]c(C(=O)N2CCCC2)c1. The van der Waals surface area contributed by atoms with Crippen LogP contribution < -0.4 is 4.90 Å². The second-order valence-corrected chi connectivity index (χ2v) is 7.48. The van der Waals surface area contributed by atoms with Crippen molar-refractivity contribution in [2.75, 3.05) is 50.7 Å². The van der Waals surface area contributed by atoms with Crippen LogP contribution in [0.5, 0.6) is 5.75 Å². The molecule has 3 heterocycles. The van der Waals surface area contributed by atoms with E-state index in [1.54, 1.807) is 18.3 Å².